The molecule has 0 bridgehead atoms. The summed E-state index contributed by atoms with van der Waals surface area (Å²) in [6.07, 6.45) is 0. The van der Waals surface area contributed by atoms with Crippen LogP contribution in [0.15, 0.2) is 83.3 Å². The van der Waals surface area contributed by atoms with Crippen molar-refractivity contribution in [2.45, 2.75) is 38.9 Å². The molecule has 0 atom stereocenters. The normalized spacial score (nSPS) is 12.7. The molecule has 1 aromatic heterocycles. The Labute approximate surface area is 188 Å². The number of furan rings is 1. The smallest absolute Gasteiger partial charge is 0.309 e. The first-order valence-corrected chi connectivity index (χ1v) is 11.0. The monoisotopic (exact) mass is 422 g/mol. The van der Waals surface area contributed by atoms with E-state index >= 15 is 0 Å². The largest absolute Gasteiger partial charge is 0.456 e. The summed E-state index contributed by atoms with van der Waals surface area (Å²) in [6, 6.07) is 27.4. The van der Waals surface area contributed by atoms with Crippen LogP contribution in [0, 0.1) is 0 Å². The van der Waals surface area contributed by atoms with Crippen LogP contribution in [0.1, 0.15) is 27.7 Å². The van der Waals surface area contributed by atoms with Gasteiger partial charge in [-0.25, -0.2) is 0 Å². The van der Waals surface area contributed by atoms with Gasteiger partial charge in [-0.3, -0.25) is 0 Å². The fourth-order valence-corrected chi connectivity index (χ4v) is 3.97. The van der Waals surface area contributed by atoms with Gasteiger partial charge in [0.25, 0.3) is 0 Å². The maximum atomic E-state index is 10.3. The molecule has 0 spiro atoms. The lowest BCUT2D eigenvalue weighted by molar-refractivity contribution is -0.0893. The van der Waals surface area contributed by atoms with Crippen molar-refractivity contribution >= 4 is 45.7 Å². The minimum absolute atomic E-state index is 0.447. The summed E-state index contributed by atoms with van der Waals surface area (Å²) in [6.45, 7) is 7.37. The van der Waals surface area contributed by atoms with E-state index in [2.05, 4.69) is 66.7 Å². The zero-order valence-corrected chi connectivity index (χ0v) is 19.0. The fourth-order valence-electron chi connectivity index (χ4n) is 3.97. The number of benzene rings is 4. The predicted molar refractivity (Wildman–Crippen MR) is 135 cm³/mol. The van der Waals surface area contributed by atoms with Gasteiger partial charge >= 0.3 is 7.48 Å². The molecule has 32 heavy (non-hydrogen) atoms. The van der Waals surface area contributed by atoms with Gasteiger partial charge in [-0.1, -0.05) is 66.1 Å². The predicted octanol–water partition coefficient (Wildman–Crippen LogP) is 5.95. The number of hydrogen-bond donors (Lipinski definition) is 1. The molecule has 0 saturated heterocycles. The molecule has 4 heteroatoms. The highest BCUT2D eigenvalue weighted by atomic mass is 16.5. The van der Waals surface area contributed by atoms with Crippen LogP contribution < -0.4 is 5.46 Å². The molecule has 4 aromatic carbocycles. The molecule has 1 N–H and O–H groups in total. The third kappa shape index (κ3) is 3.60. The minimum Gasteiger partial charge on any atom is -0.456 e. The van der Waals surface area contributed by atoms with E-state index in [0.717, 1.165) is 38.5 Å². The van der Waals surface area contributed by atoms with Gasteiger partial charge in [0.1, 0.15) is 11.2 Å². The number of rotatable bonds is 5. The maximum Gasteiger partial charge on any atom is 0.309 e. The highest BCUT2D eigenvalue weighted by Gasteiger charge is 2.35. The third-order valence-corrected chi connectivity index (χ3v) is 6.70. The van der Waals surface area contributed by atoms with Crippen molar-refractivity contribution in [1.82, 2.24) is 0 Å². The molecular weight excluding hydrogens is 395 g/mol. The SMILES string of the molecule is CC(C)(O)C(C)(C)OBc1ccc(-c2cccc3oc4cc5ccccc5cc4c23)cc1. The number of hydrogen-bond acceptors (Lipinski definition) is 3. The fraction of sp³-hybridized carbons (Fsp3) is 0.214. The van der Waals surface area contributed by atoms with Gasteiger partial charge in [-0.15, -0.1) is 0 Å². The van der Waals surface area contributed by atoms with Crippen LogP contribution in [0.3, 0.4) is 0 Å². The van der Waals surface area contributed by atoms with Crippen LogP contribution in [-0.2, 0) is 4.65 Å². The lowest BCUT2D eigenvalue weighted by Gasteiger charge is -2.37. The first-order chi connectivity index (χ1) is 15.2. The van der Waals surface area contributed by atoms with Crippen molar-refractivity contribution in [3.05, 3.63) is 78.9 Å². The van der Waals surface area contributed by atoms with E-state index in [0.29, 0.717) is 7.48 Å². The molecule has 0 radical (unpaired) electrons. The highest BCUT2D eigenvalue weighted by Crippen LogP contribution is 2.38. The van der Waals surface area contributed by atoms with Crippen molar-refractivity contribution in [3.8, 4) is 11.1 Å². The molecule has 0 fully saturated rings. The molecule has 0 unspecified atom stereocenters. The van der Waals surface area contributed by atoms with E-state index in [4.69, 9.17) is 9.07 Å². The molecular formula is C28H27BO3. The van der Waals surface area contributed by atoms with Gasteiger partial charge in [0, 0.05) is 10.8 Å². The molecule has 160 valence electrons. The number of aliphatic hydroxyl groups is 1. The number of fused-ring (bicyclic) bond motifs is 4. The topological polar surface area (TPSA) is 42.6 Å². The molecule has 0 saturated carbocycles. The van der Waals surface area contributed by atoms with E-state index in [1.807, 2.05) is 26.0 Å². The van der Waals surface area contributed by atoms with Gasteiger partial charge in [0.15, 0.2) is 0 Å². The Bertz CT molecular complexity index is 1420. The van der Waals surface area contributed by atoms with Gasteiger partial charge in [-0.05, 0) is 67.8 Å². The Kier molecular flexibility index (Phi) is 4.88. The van der Waals surface area contributed by atoms with Crippen molar-refractivity contribution < 1.29 is 14.2 Å². The van der Waals surface area contributed by atoms with Crippen LogP contribution in [0.5, 0.6) is 0 Å². The van der Waals surface area contributed by atoms with Crippen LogP contribution in [0.4, 0.5) is 0 Å². The van der Waals surface area contributed by atoms with Crippen LogP contribution >= 0.6 is 0 Å². The van der Waals surface area contributed by atoms with Crippen molar-refractivity contribution in [2.24, 2.45) is 0 Å². The van der Waals surface area contributed by atoms with Crippen LogP contribution in [0.2, 0.25) is 0 Å². The minimum atomic E-state index is -0.922. The summed E-state index contributed by atoms with van der Waals surface area (Å²) in [5, 5.41) is 15.0. The Morgan fingerprint density at radius 3 is 2.16 bits per heavy atom. The van der Waals surface area contributed by atoms with Gasteiger partial charge in [0.2, 0.25) is 0 Å². The average molecular weight is 422 g/mol. The standard InChI is InChI=1S/C28H27BO3/c1-27(2,30)28(3,4)32-29-21-14-12-18(13-15-21)22-10-7-11-24-26(22)23-16-19-8-5-6-9-20(19)17-25(23)31-24/h5-17,29-30H,1-4H3. The molecule has 0 amide bonds. The van der Waals surface area contributed by atoms with Gasteiger partial charge in [-0.2, -0.15) is 0 Å². The zero-order chi connectivity index (χ0) is 22.5. The second kappa shape index (κ2) is 7.51. The quantitative estimate of drug-likeness (QED) is 0.356. The van der Waals surface area contributed by atoms with E-state index < -0.39 is 11.2 Å². The Morgan fingerprint density at radius 2 is 1.47 bits per heavy atom. The van der Waals surface area contributed by atoms with Crippen molar-refractivity contribution in [3.63, 3.8) is 0 Å². The maximum absolute atomic E-state index is 10.3. The lowest BCUT2D eigenvalue weighted by Crippen LogP contribution is -2.49. The van der Waals surface area contributed by atoms with E-state index in [1.165, 1.54) is 10.8 Å². The molecule has 0 aliphatic heterocycles. The van der Waals surface area contributed by atoms with Gasteiger partial charge in [0.05, 0.1) is 11.2 Å². The van der Waals surface area contributed by atoms with E-state index in [9.17, 15) is 5.11 Å². The summed E-state index contributed by atoms with van der Waals surface area (Å²) in [4.78, 5) is 0. The summed E-state index contributed by atoms with van der Waals surface area (Å²) >= 11 is 0. The Hall–Kier alpha value is -3.08. The second-order valence-corrected chi connectivity index (χ2v) is 9.53. The average Bonchev–Trinajstić information content (AvgIpc) is 3.13. The van der Waals surface area contributed by atoms with Crippen molar-refractivity contribution in [2.75, 3.05) is 0 Å². The van der Waals surface area contributed by atoms with Gasteiger partial charge < -0.3 is 14.2 Å². The first-order valence-electron chi connectivity index (χ1n) is 11.0. The molecule has 1 heterocycles. The molecule has 5 aromatic rings. The summed E-state index contributed by atoms with van der Waals surface area (Å²) < 4.78 is 12.2. The zero-order valence-electron chi connectivity index (χ0n) is 19.0. The van der Waals surface area contributed by atoms with E-state index in [1.54, 1.807) is 13.8 Å². The lowest BCUT2D eigenvalue weighted by atomic mass is 9.82. The van der Waals surface area contributed by atoms with Crippen LogP contribution in [-0.4, -0.2) is 23.8 Å². The molecule has 5 rings (SSSR count). The summed E-state index contributed by atoms with van der Waals surface area (Å²) in [7, 11) is 0.447. The second-order valence-electron chi connectivity index (χ2n) is 9.53. The molecule has 0 aliphatic rings. The summed E-state index contributed by atoms with van der Waals surface area (Å²) in [5.74, 6) is 0. The highest BCUT2D eigenvalue weighted by molar-refractivity contribution is 6.47. The van der Waals surface area contributed by atoms with Crippen LogP contribution in [0.25, 0.3) is 43.8 Å². The Balaban J connectivity index is 1.52. The van der Waals surface area contributed by atoms with E-state index in [-0.39, 0.29) is 0 Å². The molecule has 3 nitrogen and oxygen atoms in total. The molecule has 0 aliphatic carbocycles. The summed E-state index contributed by atoms with van der Waals surface area (Å²) in [5.41, 5.74) is 3.60. The first kappa shape index (κ1) is 20.8. The Morgan fingerprint density at radius 1 is 0.781 bits per heavy atom. The van der Waals surface area contributed by atoms with Crippen molar-refractivity contribution in [1.29, 1.82) is 0 Å². The third-order valence-electron chi connectivity index (χ3n) is 6.70.